The molecule has 0 aromatic carbocycles. The molecular formula is C11H11BrN2O3S. The van der Waals surface area contributed by atoms with Crippen molar-refractivity contribution in [3.63, 3.8) is 0 Å². The molecule has 2 rings (SSSR count). The molecule has 5 nitrogen and oxygen atoms in total. The Kier molecular flexibility index (Phi) is 3.72. The molecule has 0 aliphatic carbocycles. The molecule has 0 saturated carbocycles. The quantitative estimate of drug-likeness (QED) is 0.812. The molecular weight excluding hydrogens is 320 g/mol. The Labute approximate surface area is 116 Å². The Morgan fingerprint density at radius 1 is 1.50 bits per heavy atom. The number of halogens is 1. The third-order valence-corrected chi connectivity index (χ3v) is 4.63. The maximum atomic E-state index is 11.7. The molecule has 96 valence electrons. The first-order valence-corrected chi connectivity index (χ1v) is 6.64. The molecule has 0 unspecified atom stereocenters. The van der Waals surface area contributed by atoms with E-state index < -0.39 is 5.97 Å². The lowest BCUT2D eigenvalue weighted by atomic mass is 10.3. The smallest absolute Gasteiger partial charge is 0.351 e. The van der Waals surface area contributed by atoms with Crippen molar-refractivity contribution in [3.05, 3.63) is 21.6 Å². The lowest BCUT2D eigenvalue weighted by Crippen LogP contribution is -2.00. The van der Waals surface area contributed by atoms with Gasteiger partial charge in [0.2, 0.25) is 0 Å². The highest BCUT2D eigenvalue weighted by Gasteiger charge is 2.24. The van der Waals surface area contributed by atoms with Crippen molar-refractivity contribution in [3.8, 4) is 16.3 Å². The lowest BCUT2D eigenvalue weighted by Gasteiger charge is -2.01. The second kappa shape index (κ2) is 5.11. The molecule has 0 spiro atoms. The summed E-state index contributed by atoms with van der Waals surface area (Å²) in [4.78, 5) is 13.0. The van der Waals surface area contributed by atoms with Crippen LogP contribution >= 0.6 is 27.3 Å². The highest BCUT2D eigenvalue weighted by molar-refractivity contribution is 9.10. The standard InChI is InChI=1S/C11H11BrN2O3S/c1-14-6(4-5-13-14)9-7(12)8(16-2)10(18-9)11(15)17-3/h4-5H,1-3H3. The van der Waals surface area contributed by atoms with Crippen LogP contribution in [0.25, 0.3) is 10.6 Å². The number of esters is 1. The van der Waals surface area contributed by atoms with Gasteiger partial charge in [0.05, 0.1) is 29.3 Å². The van der Waals surface area contributed by atoms with Crippen molar-refractivity contribution in [2.45, 2.75) is 0 Å². The van der Waals surface area contributed by atoms with Crippen LogP contribution in [0.2, 0.25) is 0 Å². The van der Waals surface area contributed by atoms with Crippen LogP contribution in [0.4, 0.5) is 0 Å². The molecule has 2 aromatic heterocycles. The van der Waals surface area contributed by atoms with Gasteiger partial charge >= 0.3 is 5.97 Å². The average molecular weight is 331 g/mol. The molecule has 0 radical (unpaired) electrons. The maximum Gasteiger partial charge on any atom is 0.351 e. The molecule has 0 bridgehead atoms. The second-order valence-corrected chi connectivity index (χ2v) is 5.25. The molecule has 0 amide bonds. The van der Waals surface area contributed by atoms with Crippen LogP contribution in [0.1, 0.15) is 9.67 Å². The SMILES string of the molecule is COC(=O)c1sc(-c2ccnn2C)c(Br)c1OC. The number of methoxy groups -OCH3 is 2. The number of carbonyl (C=O) groups is 1. The number of hydrogen-bond donors (Lipinski definition) is 0. The summed E-state index contributed by atoms with van der Waals surface area (Å²) in [5.41, 5.74) is 0.903. The Morgan fingerprint density at radius 3 is 2.72 bits per heavy atom. The zero-order valence-corrected chi connectivity index (χ0v) is 12.5. The van der Waals surface area contributed by atoms with Crippen molar-refractivity contribution in [1.82, 2.24) is 9.78 Å². The summed E-state index contributed by atoms with van der Waals surface area (Å²) in [6.45, 7) is 0. The predicted molar refractivity (Wildman–Crippen MR) is 72.1 cm³/mol. The van der Waals surface area contributed by atoms with E-state index in [4.69, 9.17) is 9.47 Å². The van der Waals surface area contributed by atoms with E-state index in [1.54, 1.807) is 10.9 Å². The molecule has 7 heteroatoms. The van der Waals surface area contributed by atoms with Crippen LogP contribution in [0.5, 0.6) is 5.75 Å². The van der Waals surface area contributed by atoms with Gasteiger partial charge in [-0.1, -0.05) is 0 Å². The fourth-order valence-corrected chi connectivity index (χ4v) is 3.64. The van der Waals surface area contributed by atoms with E-state index >= 15 is 0 Å². The van der Waals surface area contributed by atoms with Crippen molar-refractivity contribution in [2.24, 2.45) is 7.05 Å². The van der Waals surface area contributed by atoms with Crippen LogP contribution in [0.3, 0.4) is 0 Å². The third kappa shape index (κ3) is 2.04. The van der Waals surface area contributed by atoms with Crippen LogP contribution in [-0.2, 0) is 11.8 Å². The lowest BCUT2D eigenvalue weighted by molar-refractivity contribution is 0.0603. The number of hydrogen-bond acceptors (Lipinski definition) is 5. The largest absolute Gasteiger partial charge is 0.494 e. The summed E-state index contributed by atoms with van der Waals surface area (Å²) in [5.74, 6) is 0.0778. The van der Waals surface area contributed by atoms with Crippen LogP contribution in [0, 0.1) is 0 Å². The fourth-order valence-electron chi connectivity index (χ4n) is 1.57. The van der Waals surface area contributed by atoms with Crippen molar-refractivity contribution in [1.29, 1.82) is 0 Å². The van der Waals surface area contributed by atoms with Gasteiger partial charge in [-0.25, -0.2) is 4.79 Å². The minimum atomic E-state index is -0.411. The zero-order valence-electron chi connectivity index (χ0n) is 10.1. The number of nitrogens with zero attached hydrogens (tertiary/aromatic N) is 2. The number of aromatic nitrogens is 2. The second-order valence-electron chi connectivity index (χ2n) is 3.44. The van der Waals surface area contributed by atoms with Crippen molar-refractivity contribution < 1.29 is 14.3 Å². The summed E-state index contributed by atoms with van der Waals surface area (Å²) in [7, 11) is 4.71. The topological polar surface area (TPSA) is 53.3 Å². The minimum Gasteiger partial charge on any atom is -0.494 e. The Bertz CT molecular complexity index is 591. The molecule has 18 heavy (non-hydrogen) atoms. The normalized spacial score (nSPS) is 10.4. The van der Waals surface area contributed by atoms with E-state index in [2.05, 4.69) is 21.0 Å². The summed E-state index contributed by atoms with van der Waals surface area (Å²) in [6.07, 6.45) is 1.70. The number of aryl methyl sites for hydroxylation is 1. The Hall–Kier alpha value is -1.34. The zero-order chi connectivity index (χ0) is 13.3. The highest BCUT2D eigenvalue weighted by Crippen LogP contribution is 2.45. The average Bonchev–Trinajstić information content (AvgIpc) is 2.91. The summed E-state index contributed by atoms with van der Waals surface area (Å²) < 4.78 is 12.5. The molecule has 2 heterocycles. The first-order chi connectivity index (χ1) is 8.60. The molecule has 0 saturated heterocycles. The molecule has 0 N–H and O–H groups in total. The van der Waals surface area contributed by atoms with E-state index in [9.17, 15) is 4.79 Å². The van der Waals surface area contributed by atoms with Gasteiger partial charge in [0.25, 0.3) is 0 Å². The van der Waals surface area contributed by atoms with E-state index in [-0.39, 0.29) is 0 Å². The van der Waals surface area contributed by atoms with Gasteiger partial charge in [-0.3, -0.25) is 4.68 Å². The van der Waals surface area contributed by atoms with E-state index in [0.717, 1.165) is 15.0 Å². The van der Waals surface area contributed by atoms with Gasteiger partial charge in [-0.15, -0.1) is 11.3 Å². The summed E-state index contributed by atoms with van der Waals surface area (Å²) in [6, 6.07) is 1.87. The first kappa shape index (κ1) is 13.1. The van der Waals surface area contributed by atoms with Crippen molar-refractivity contribution >= 4 is 33.2 Å². The number of rotatable bonds is 3. The molecule has 0 aliphatic rings. The van der Waals surface area contributed by atoms with Crippen LogP contribution in [-0.4, -0.2) is 30.0 Å². The summed E-state index contributed by atoms with van der Waals surface area (Å²) >= 11 is 4.76. The van der Waals surface area contributed by atoms with Gasteiger partial charge < -0.3 is 9.47 Å². The predicted octanol–water partition coefficient (Wildman–Crippen LogP) is 2.71. The maximum absolute atomic E-state index is 11.7. The van der Waals surface area contributed by atoms with Gasteiger partial charge in [0.1, 0.15) is 0 Å². The first-order valence-electron chi connectivity index (χ1n) is 5.03. The Balaban J connectivity index is 2.61. The van der Waals surface area contributed by atoms with Crippen molar-refractivity contribution in [2.75, 3.05) is 14.2 Å². The van der Waals surface area contributed by atoms with E-state index in [1.165, 1.54) is 25.6 Å². The minimum absolute atomic E-state index is 0.411. The highest BCUT2D eigenvalue weighted by atomic mass is 79.9. The summed E-state index contributed by atoms with van der Waals surface area (Å²) in [5, 5.41) is 4.11. The van der Waals surface area contributed by atoms with E-state index in [0.29, 0.717) is 10.6 Å². The van der Waals surface area contributed by atoms with Gasteiger partial charge in [-0.05, 0) is 22.0 Å². The van der Waals surface area contributed by atoms with Crippen LogP contribution in [0.15, 0.2) is 16.7 Å². The molecule has 0 fully saturated rings. The van der Waals surface area contributed by atoms with Gasteiger partial charge in [0, 0.05) is 13.2 Å². The molecule has 0 atom stereocenters. The van der Waals surface area contributed by atoms with E-state index in [1.807, 2.05) is 13.1 Å². The number of ether oxygens (including phenoxy) is 2. The number of thiophene rings is 1. The molecule has 2 aromatic rings. The molecule has 0 aliphatic heterocycles. The van der Waals surface area contributed by atoms with Gasteiger partial charge in [-0.2, -0.15) is 5.10 Å². The van der Waals surface area contributed by atoms with Crippen LogP contribution < -0.4 is 4.74 Å². The monoisotopic (exact) mass is 330 g/mol. The third-order valence-electron chi connectivity index (χ3n) is 2.44. The Morgan fingerprint density at radius 2 is 2.22 bits per heavy atom. The number of carbonyl (C=O) groups excluding carboxylic acids is 1. The van der Waals surface area contributed by atoms with Gasteiger partial charge in [0.15, 0.2) is 10.6 Å². The fraction of sp³-hybridized carbons (Fsp3) is 0.273.